The molecule has 1 heterocycles. The third-order valence-corrected chi connectivity index (χ3v) is 3.65. The Morgan fingerprint density at radius 3 is 2.94 bits per heavy atom. The molecule has 0 fully saturated rings. The van der Waals surface area contributed by atoms with E-state index in [4.69, 9.17) is 0 Å². The molecule has 0 amide bonds. The Balaban J connectivity index is 2.26. The van der Waals surface area contributed by atoms with E-state index in [1.807, 2.05) is 20.0 Å². The minimum absolute atomic E-state index is 0.192. The maximum absolute atomic E-state index is 13.8. The van der Waals surface area contributed by atoms with Crippen molar-refractivity contribution < 1.29 is 4.39 Å². The van der Waals surface area contributed by atoms with Crippen LogP contribution in [0.15, 0.2) is 34.6 Å². The first kappa shape index (κ1) is 13.0. The minimum Gasteiger partial charge on any atom is -0.313 e. The summed E-state index contributed by atoms with van der Waals surface area (Å²) in [6, 6.07) is 5.09. The Morgan fingerprint density at radius 2 is 2.28 bits per heavy atom. The fourth-order valence-corrected chi connectivity index (χ4v) is 2.45. The molecular formula is C12H15FN4S. The van der Waals surface area contributed by atoms with Gasteiger partial charge < -0.3 is 5.32 Å². The van der Waals surface area contributed by atoms with Gasteiger partial charge in [-0.2, -0.15) is 5.10 Å². The summed E-state index contributed by atoms with van der Waals surface area (Å²) in [5, 5.41) is 7.89. The zero-order valence-electron chi connectivity index (χ0n) is 10.4. The lowest BCUT2D eigenvalue weighted by atomic mass is 10.2. The van der Waals surface area contributed by atoms with Gasteiger partial charge in [-0.1, -0.05) is 13.0 Å². The number of hydrogen-bond acceptors (Lipinski definition) is 4. The van der Waals surface area contributed by atoms with Gasteiger partial charge in [-0.15, -0.1) is 0 Å². The number of benzene rings is 1. The molecule has 4 nitrogen and oxygen atoms in total. The smallest absolute Gasteiger partial charge is 0.190 e. The van der Waals surface area contributed by atoms with Crippen molar-refractivity contribution in [3.8, 4) is 0 Å². The summed E-state index contributed by atoms with van der Waals surface area (Å²) in [6.45, 7) is 3.32. The van der Waals surface area contributed by atoms with Crippen molar-refractivity contribution in [2.45, 2.75) is 23.5 Å². The fraction of sp³-hybridized carbons (Fsp3) is 0.333. The lowest BCUT2D eigenvalue weighted by molar-refractivity contribution is 0.585. The number of nitrogens with zero attached hydrogens (tertiary/aromatic N) is 3. The highest BCUT2D eigenvalue weighted by molar-refractivity contribution is 7.99. The van der Waals surface area contributed by atoms with Crippen LogP contribution in [-0.2, 0) is 13.6 Å². The van der Waals surface area contributed by atoms with E-state index in [9.17, 15) is 4.39 Å². The summed E-state index contributed by atoms with van der Waals surface area (Å²) in [5.74, 6) is -0.192. The topological polar surface area (TPSA) is 42.7 Å². The van der Waals surface area contributed by atoms with Crippen LogP contribution < -0.4 is 5.32 Å². The van der Waals surface area contributed by atoms with Crippen LogP contribution in [0, 0.1) is 5.82 Å². The lowest BCUT2D eigenvalue weighted by Gasteiger charge is -2.10. The quantitative estimate of drug-likeness (QED) is 0.901. The van der Waals surface area contributed by atoms with Gasteiger partial charge in [-0.05, 0) is 30.4 Å². The molecular weight excluding hydrogens is 251 g/mol. The second kappa shape index (κ2) is 5.97. The number of rotatable bonds is 5. The van der Waals surface area contributed by atoms with Crippen molar-refractivity contribution in [3.05, 3.63) is 35.9 Å². The number of hydrogen-bond donors (Lipinski definition) is 1. The average Bonchev–Trinajstić information content (AvgIpc) is 2.74. The van der Waals surface area contributed by atoms with E-state index < -0.39 is 0 Å². The molecule has 2 aromatic rings. The van der Waals surface area contributed by atoms with Crippen molar-refractivity contribution in [2.24, 2.45) is 7.05 Å². The molecule has 0 saturated heterocycles. The third-order valence-electron chi connectivity index (χ3n) is 2.50. The molecule has 0 aliphatic heterocycles. The Hall–Kier alpha value is -1.40. The summed E-state index contributed by atoms with van der Waals surface area (Å²) in [6.07, 6.45) is 1.49. The maximum atomic E-state index is 13.8. The van der Waals surface area contributed by atoms with E-state index in [0.717, 1.165) is 16.6 Å². The molecule has 0 saturated carbocycles. The van der Waals surface area contributed by atoms with Crippen LogP contribution in [0.2, 0.25) is 0 Å². The molecule has 96 valence electrons. The fourth-order valence-electron chi connectivity index (χ4n) is 1.53. The molecule has 18 heavy (non-hydrogen) atoms. The third kappa shape index (κ3) is 2.88. The SMILES string of the molecule is CCNCc1c(F)cccc1Sc1ncnn1C. The second-order valence-corrected chi connectivity index (χ2v) is 4.77. The number of aromatic nitrogens is 3. The molecule has 1 aromatic carbocycles. The summed E-state index contributed by atoms with van der Waals surface area (Å²) in [5.41, 5.74) is 0.673. The second-order valence-electron chi connectivity index (χ2n) is 3.77. The van der Waals surface area contributed by atoms with Gasteiger partial charge in [0.2, 0.25) is 0 Å². The first-order valence-electron chi connectivity index (χ1n) is 5.72. The van der Waals surface area contributed by atoms with Crippen molar-refractivity contribution in [1.82, 2.24) is 20.1 Å². The van der Waals surface area contributed by atoms with Crippen LogP contribution >= 0.6 is 11.8 Å². The lowest BCUT2D eigenvalue weighted by Crippen LogP contribution is -2.13. The number of halogens is 1. The van der Waals surface area contributed by atoms with Crippen molar-refractivity contribution in [2.75, 3.05) is 6.54 Å². The molecule has 1 N–H and O–H groups in total. The summed E-state index contributed by atoms with van der Waals surface area (Å²) in [7, 11) is 1.82. The van der Waals surface area contributed by atoms with Gasteiger partial charge in [0.15, 0.2) is 5.16 Å². The Labute approximate surface area is 110 Å². The van der Waals surface area contributed by atoms with Crippen LogP contribution in [-0.4, -0.2) is 21.3 Å². The normalized spacial score (nSPS) is 10.8. The van der Waals surface area contributed by atoms with Gasteiger partial charge in [0.25, 0.3) is 0 Å². The average molecular weight is 266 g/mol. The van der Waals surface area contributed by atoms with Crippen molar-refractivity contribution in [1.29, 1.82) is 0 Å². The molecule has 0 radical (unpaired) electrons. The summed E-state index contributed by atoms with van der Waals surface area (Å²) < 4.78 is 15.5. The molecule has 6 heteroatoms. The monoisotopic (exact) mass is 266 g/mol. The van der Waals surface area contributed by atoms with E-state index in [-0.39, 0.29) is 5.82 Å². The van der Waals surface area contributed by atoms with E-state index in [2.05, 4.69) is 15.4 Å². The largest absolute Gasteiger partial charge is 0.313 e. The Morgan fingerprint density at radius 1 is 1.44 bits per heavy atom. The molecule has 0 aliphatic carbocycles. The Bertz CT molecular complexity index is 527. The van der Waals surface area contributed by atoms with Crippen molar-refractivity contribution >= 4 is 11.8 Å². The van der Waals surface area contributed by atoms with Gasteiger partial charge in [0.1, 0.15) is 12.1 Å². The van der Waals surface area contributed by atoms with Crippen LogP contribution in [0.1, 0.15) is 12.5 Å². The first-order valence-corrected chi connectivity index (χ1v) is 6.54. The maximum Gasteiger partial charge on any atom is 0.190 e. The van der Waals surface area contributed by atoms with Gasteiger partial charge in [-0.3, -0.25) is 0 Å². The molecule has 1 aromatic heterocycles. The van der Waals surface area contributed by atoms with E-state index in [1.165, 1.54) is 24.2 Å². The number of aryl methyl sites for hydroxylation is 1. The van der Waals surface area contributed by atoms with Gasteiger partial charge in [0, 0.05) is 24.1 Å². The predicted molar refractivity (Wildman–Crippen MR) is 68.9 cm³/mol. The molecule has 0 aliphatic rings. The zero-order valence-corrected chi connectivity index (χ0v) is 11.2. The zero-order chi connectivity index (χ0) is 13.0. The van der Waals surface area contributed by atoms with Crippen LogP contribution in [0.25, 0.3) is 0 Å². The van der Waals surface area contributed by atoms with E-state index >= 15 is 0 Å². The molecule has 2 rings (SSSR count). The highest BCUT2D eigenvalue weighted by Crippen LogP contribution is 2.29. The predicted octanol–water partition coefficient (Wildman–Crippen LogP) is 2.21. The van der Waals surface area contributed by atoms with Crippen LogP contribution in [0.5, 0.6) is 0 Å². The van der Waals surface area contributed by atoms with Gasteiger partial charge in [-0.25, -0.2) is 14.1 Å². The first-order chi connectivity index (χ1) is 8.72. The van der Waals surface area contributed by atoms with E-state index in [0.29, 0.717) is 12.1 Å². The molecule has 0 unspecified atom stereocenters. The standard InChI is InChI=1S/C12H15FN4S/c1-3-14-7-9-10(13)5-4-6-11(9)18-12-15-8-16-17(12)2/h4-6,8,14H,3,7H2,1-2H3. The van der Waals surface area contributed by atoms with Crippen molar-refractivity contribution in [3.63, 3.8) is 0 Å². The molecule has 0 bridgehead atoms. The van der Waals surface area contributed by atoms with Gasteiger partial charge in [0.05, 0.1) is 0 Å². The van der Waals surface area contributed by atoms with Gasteiger partial charge >= 0.3 is 0 Å². The van der Waals surface area contributed by atoms with Crippen LogP contribution in [0.4, 0.5) is 4.39 Å². The van der Waals surface area contributed by atoms with E-state index in [1.54, 1.807) is 10.7 Å². The number of nitrogens with one attached hydrogen (secondary N) is 1. The summed E-state index contributed by atoms with van der Waals surface area (Å²) >= 11 is 1.42. The molecule has 0 spiro atoms. The highest BCUT2D eigenvalue weighted by atomic mass is 32.2. The Kier molecular flexibility index (Phi) is 4.33. The summed E-state index contributed by atoms with van der Waals surface area (Å²) in [4.78, 5) is 5.00. The molecule has 0 atom stereocenters. The highest BCUT2D eigenvalue weighted by Gasteiger charge is 2.11. The van der Waals surface area contributed by atoms with Crippen LogP contribution in [0.3, 0.4) is 0 Å². The minimum atomic E-state index is -0.192.